The molecule has 0 aromatic rings. The quantitative estimate of drug-likeness (QED) is 0.0211. The van der Waals surface area contributed by atoms with Crippen LogP contribution in [0.2, 0.25) is 0 Å². The van der Waals surface area contributed by atoms with Crippen molar-refractivity contribution in [3.05, 3.63) is 85.1 Å². The first kappa shape index (κ1) is 71.2. The molecule has 74 heavy (non-hydrogen) atoms. The van der Waals surface area contributed by atoms with Crippen LogP contribution in [0.25, 0.3) is 0 Å². The number of phosphoric ester groups is 1. The van der Waals surface area contributed by atoms with Crippen LogP contribution in [0.3, 0.4) is 0 Å². The molecule has 0 aliphatic heterocycles. The van der Waals surface area contributed by atoms with Crippen molar-refractivity contribution in [2.75, 3.05) is 47.5 Å². The average molecular weight is 1060 g/mol. The Morgan fingerprint density at radius 3 is 1.15 bits per heavy atom. The number of nitrogens with zero attached hydrogens (tertiary/aromatic N) is 1. The normalized spacial score (nSPS) is 13.9. The molecule has 0 saturated carbocycles. The van der Waals surface area contributed by atoms with E-state index in [0.29, 0.717) is 17.4 Å². The van der Waals surface area contributed by atoms with E-state index in [4.69, 9.17) is 18.5 Å². The van der Waals surface area contributed by atoms with Crippen LogP contribution in [0.1, 0.15) is 258 Å². The Morgan fingerprint density at radius 2 is 0.770 bits per heavy atom. The van der Waals surface area contributed by atoms with Gasteiger partial charge in [-0.3, -0.25) is 18.6 Å². The number of ether oxygens (including phenoxy) is 2. The SMILES string of the molecule is CC/C=C\C/C=C\C/C=C\C/C=C\CCCCCCCCCCC(=O)OC(COC(=O)CCCCCCCCCCCCCCCC/C=C\C/C=C\C/C=C\CCCCCCC)COP(=O)(O)OCC[N+](C)(C)C. The van der Waals surface area contributed by atoms with Gasteiger partial charge in [0, 0.05) is 12.8 Å². The summed E-state index contributed by atoms with van der Waals surface area (Å²) >= 11 is 0. The Hall–Kier alpha value is -2.81. The van der Waals surface area contributed by atoms with Crippen LogP contribution in [0, 0.1) is 0 Å². The van der Waals surface area contributed by atoms with Gasteiger partial charge in [-0.25, -0.2) is 4.57 Å². The van der Waals surface area contributed by atoms with E-state index in [1.165, 1.54) is 141 Å². The van der Waals surface area contributed by atoms with Gasteiger partial charge in [0.15, 0.2) is 6.10 Å². The molecule has 0 aliphatic carbocycles. The molecule has 0 bridgehead atoms. The molecular weight excluding hydrogens is 942 g/mol. The molecule has 2 unspecified atom stereocenters. The molecule has 0 aromatic carbocycles. The van der Waals surface area contributed by atoms with Crippen LogP contribution in [0.4, 0.5) is 0 Å². The molecule has 0 saturated heterocycles. The number of quaternary nitrogens is 1. The van der Waals surface area contributed by atoms with Crippen LogP contribution in [0.15, 0.2) is 85.1 Å². The molecule has 9 nitrogen and oxygen atoms in total. The number of carbonyl (C=O) groups is 2. The molecule has 10 heteroatoms. The maximum absolute atomic E-state index is 12.8. The highest BCUT2D eigenvalue weighted by atomic mass is 31.2. The van der Waals surface area contributed by atoms with Crippen molar-refractivity contribution in [2.45, 2.75) is 264 Å². The van der Waals surface area contributed by atoms with Crippen molar-refractivity contribution >= 4 is 19.8 Å². The second-order valence-corrected chi connectivity index (χ2v) is 22.8. The van der Waals surface area contributed by atoms with Crippen molar-refractivity contribution in [3.8, 4) is 0 Å². The van der Waals surface area contributed by atoms with Crippen LogP contribution in [-0.2, 0) is 32.7 Å². The van der Waals surface area contributed by atoms with Crippen LogP contribution in [-0.4, -0.2) is 74.9 Å². The lowest BCUT2D eigenvalue weighted by Gasteiger charge is -2.24. The average Bonchev–Trinajstić information content (AvgIpc) is 3.36. The summed E-state index contributed by atoms with van der Waals surface area (Å²) in [5.74, 6) is -0.805. The van der Waals surface area contributed by atoms with Gasteiger partial charge < -0.3 is 18.9 Å². The summed E-state index contributed by atoms with van der Waals surface area (Å²) in [4.78, 5) is 35.7. The zero-order valence-corrected chi connectivity index (χ0v) is 49.5. The molecule has 0 radical (unpaired) electrons. The van der Waals surface area contributed by atoms with Gasteiger partial charge in [-0.1, -0.05) is 240 Å². The van der Waals surface area contributed by atoms with Gasteiger partial charge in [-0.05, 0) is 89.9 Å². The summed E-state index contributed by atoms with van der Waals surface area (Å²) in [6.45, 7) is 4.31. The van der Waals surface area contributed by atoms with Crippen molar-refractivity contribution in [1.29, 1.82) is 0 Å². The number of carbonyl (C=O) groups excluding carboxylic acids is 2. The highest BCUT2D eigenvalue weighted by Gasteiger charge is 2.27. The summed E-state index contributed by atoms with van der Waals surface area (Å²) in [5.41, 5.74) is 0. The molecule has 0 rings (SSSR count). The number of allylic oxidation sites excluding steroid dienone is 14. The largest absolute Gasteiger partial charge is 0.472 e. The van der Waals surface area contributed by atoms with Gasteiger partial charge in [0.1, 0.15) is 19.8 Å². The third-order valence-electron chi connectivity index (χ3n) is 12.9. The number of hydrogen-bond acceptors (Lipinski definition) is 7. The fourth-order valence-corrected chi connectivity index (χ4v) is 8.99. The lowest BCUT2D eigenvalue weighted by atomic mass is 10.0. The molecular formula is C64H115NO8P+. The van der Waals surface area contributed by atoms with E-state index in [2.05, 4.69) is 98.9 Å². The summed E-state index contributed by atoms with van der Waals surface area (Å²) < 4.78 is 34.6. The summed E-state index contributed by atoms with van der Waals surface area (Å²) in [6, 6.07) is 0. The van der Waals surface area contributed by atoms with Crippen LogP contribution < -0.4 is 0 Å². The highest BCUT2D eigenvalue weighted by Crippen LogP contribution is 2.43. The van der Waals surface area contributed by atoms with Crippen molar-refractivity contribution < 1.29 is 42.1 Å². The van der Waals surface area contributed by atoms with Gasteiger partial charge in [0.05, 0.1) is 27.7 Å². The van der Waals surface area contributed by atoms with E-state index >= 15 is 0 Å². The minimum atomic E-state index is -4.39. The maximum atomic E-state index is 12.8. The minimum absolute atomic E-state index is 0.0267. The predicted molar refractivity (Wildman–Crippen MR) is 316 cm³/mol. The first-order valence-electron chi connectivity index (χ1n) is 30.3. The zero-order chi connectivity index (χ0) is 54.2. The molecule has 1 N–H and O–H groups in total. The first-order valence-corrected chi connectivity index (χ1v) is 31.8. The summed E-state index contributed by atoms with van der Waals surface area (Å²) in [7, 11) is 1.47. The molecule has 0 aliphatic rings. The van der Waals surface area contributed by atoms with E-state index < -0.39 is 26.5 Å². The Bertz CT molecular complexity index is 1520. The first-order chi connectivity index (χ1) is 36.0. The van der Waals surface area contributed by atoms with E-state index in [1.54, 1.807) is 0 Å². The smallest absolute Gasteiger partial charge is 0.462 e. The molecule has 428 valence electrons. The highest BCUT2D eigenvalue weighted by molar-refractivity contribution is 7.47. The Balaban J connectivity index is 4.13. The molecule has 0 spiro atoms. The fourth-order valence-electron chi connectivity index (χ4n) is 8.25. The minimum Gasteiger partial charge on any atom is -0.462 e. The van der Waals surface area contributed by atoms with Gasteiger partial charge in [0.2, 0.25) is 0 Å². The Kier molecular flexibility index (Phi) is 52.9. The number of rotatable bonds is 55. The second-order valence-electron chi connectivity index (χ2n) is 21.4. The zero-order valence-electron chi connectivity index (χ0n) is 48.6. The molecule has 0 amide bonds. The van der Waals surface area contributed by atoms with Crippen LogP contribution in [0.5, 0.6) is 0 Å². The van der Waals surface area contributed by atoms with Gasteiger partial charge >= 0.3 is 19.8 Å². The van der Waals surface area contributed by atoms with E-state index in [9.17, 15) is 19.0 Å². The fraction of sp³-hybridized carbons (Fsp3) is 0.750. The summed E-state index contributed by atoms with van der Waals surface area (Å²) in [5, 5.41) is 0. The van der Waals surface area contributed by atoms with Crippen molar-refractivity contribution in [1.82, 2.24) is 0 Å². The van der Waals surface area contributed by atoms with Gasteiger partial charge in [-0.2, -0.15) is 0 Å². The molecule has 0 fully saturated rings. The van der Waals surface area contributed by atoms with Gasteiger partial charge in [-0.15, -0.1) is 0 Å². The Labute approximate surface area is 456 Å². The molecule has 2 atom stereocenters. The van der Waals surface area contributed by atoms with Crippen molar-refractivity contribution in [2.24, 2.45) is 0 Å². The number of phosphoric acid groups is 1. The molecule has 0 heterocycles. The third kappa shape index (κ3) is 58.5. The van der Waals surface area contributed by atoms with E-state index in [1.807, 2.05) is 21.1 Å². The lowest BCUT2D eigenvalue weighted by molar-refractivity contribution is -0.870. The molecule has 0 aromatic heterocycles. The predicted octanol–water partition coefficient (Wildman–Crippen LogP) is 19.0. The number of likely N-dealkylation sites (N-methyl/N-ethyl adjacent to an activating group) is 1. The monoisotopic (exact) mass is 1060 g/mol. The number of esters is 2. The van der Waals surface area contributed by atoms with E-state index in [-0.39, 0.29) is 32.0 Å². The van der Waals surface area contributed by atoms with Gasteiger partial charge in [0.25, 0.3) is 0 Å². The lowest BCUT2D eigenvalue weighted by Crippen LogP contribution is -2.37. The standard InChI is InChI=1S/C64H114NO8P/c1-6-8-10-12-14-16-18-20-22-24-26-28-29-30-31-32-33-34-35-37-38-40-42-44-46-48-50-52-54-56-63(66)70-60-62(61-72-74(68,69)71-59-58-65(3,4)5)73-64(67)57-55-53-51-49-47-45-43-41-39-36-27-25-23-21-19-17-15-13-11-9-7-2/h9,11,15,17-18,20-21,23-24,26-27,29-30,36,62H,6-8,10,12-14,16,19,22,25,28,31-35,37-61H2,1-5H3/p+1/b11-9-,17-15-,20-18-,23-21-,26-24-,30-29-,36-27-. The Morgan fingerprint density at radius 1 is 0.432 bits per heavy atom. The number of unbranched alkanes of at least 4 members (excludes halogenated alkanes) is 27. The topological polar surface area (TPSA) is 108 Å². The second kappa shape index (κ2) is 55.0. The van der Waals surface area contributed by atoms with E-state index in [0.717, 1.165) is 83.5 Å². The summed E-state index contributed by atoms with van der Waals surface area (Å²) in [6.07, 6.45) is 73.7. The number of hydrogen-bond donors (Lipinski definition) is 1. The van der Waals surface area contributed by atoms with Crippen LogP contribution >= 0.6 is 7.82 Å². The third-order valence-corrected chi connectivity index (χ3v) is 13.9. The maximum Gasteiger partial charge on any atom is 0.472 e. The van der Waals surface area contributed by atoms with Crippen molar-refractivity contribution in [3.63, 3.8) is 0 Å².